The predicted molar refractivity (Wildman–Crippen MR) is 314 cm³/mol. The van der Waals surface area contributed by atoms with Crippen molar-refractivity contribution in [2.75, 3.05) is 19.8 Å². The highest BCUT2D eigenvalue weighted by atomic mass is 16.5. The zero-order valence-electron chi connectivity index (χ0n) is 48.4. The topological polar surface area (TPSA) is 27.7 Å². The van der Waals surface area contributed by atoms with Gasteiger partial charge in [0.25, 0.3) is 0 Å². The smallest absolute Gasteiger partial charge is 0.203 e. The van der Waals surface area contributed by atoms with Gasteiger partial charge in [0.1, 0.15) is 0 Å². The molecule has 0 amide bonds. The molecule has 0 aromatic heterocycles. The minimum Gasteiger partial charge on any atom is -0.490 e. The van der Waals surface area contributed by atoms with Crippen LogP contribution in [0.2, 0.25) is 0 Å². The molecule has 0 aliphatic carbocycles. The fraction of sp³-hybridized carbons (Fsp3) is 0.896. The highest BCUT2D eigenvalue weighted by Crippen LogP contribution is 2.40. The van der Waals surface area contributed by atoms with Gasteiger partial charge < -0.3 is 14.2 Å². The van der Waals surface area contributed by atoms with Gasteiger partial charge in [0, 0.05) is 0 Å². The quantitative estimate of drug-likeness (QED) is 0.0609. The van der Waals surface area contributed by atoms with Crippen molar-refractivity contribution >= 4 is 0 Å². The summed E-state index contributed by atoms with van der Waals surface area (Å²) in [5, 5.41) is 0. The number of aryl methyl sites for hydroxylation is 1. The summed E-state index contributed by atoms with van der Waals surface area (Å²) in [5.74, 6) is 2.67. The second-order valence-corrected chi connectivity index (χ2v) is 22.4. The number of hydrogen-bond acceptors (Lipinski definition) is 3. The van der Waals surface area contributed by atoms with Gasteiger partial charge in [0.15, 0.2) is 11.5 Å². The largest absolute Gasteiger partial charge is 0.490 e. The highest BCUT2D eigenvalue weighted by molar-refractivity contribution is 5.54. The maximum absolute atomic E-state index is 6.66. The number of hydrogen-bond donors (Lipinski definition) is 0. The van der Waals surface area contributed by atoms with Gasteiger partial charge in [-0.2, -0.15) is 0 Å². The molecule has 0 heterocycles. The van der Waals surface area contributed by atoms with E-state index in [1.54, 1.807) is 0 Å². The lowest BCUT2D eigenvalue weighted by atomic mass is 10.0. The molecule has 1 aromatic carbocycles. The van der Waals surface area contributed by atoms with Crippen LogP contribution in [0.5, 0.6) is 17.2 Å². The van der Waals surface area contributed by atoms with Gasteiger partial charge in [-0.05, 0) is 49.8 Å². The molecule has 0 saturated heterocycles. The summed E-state index contributed by atoms with van der Waals surface area (Å²) in [4.78, 5) is 0. The van der Waals surface area contributed by atoms with Crippen molar-refractivity contribution < 1.29 is 14.2 Å². The first-order valence-corrected chi connectivity index (χ1v) is 32.6. The highest BCUT2D eigenvalue weighted by Gasteiger charge is 2.16. The van der Waals surface area contributed by atoms with Crippen LogP contribution in [0.3, 0.4) is 0 Å². The Morgan fingerprint density at radius 3 is 0.671 bits per heavy atom. The number of ether oxygens (including phenoxy) is 3. The molecule has 0 fully saturated rings. The maximum atomic E-state index is 6.66. The Balaban J connectivity index is 2.48. The SMILES string of the molecule is [CH2]CCCc1cc(OCCCCCCCCCCCCCCCCCCC)c(OCCCCCCCCCCCCCCCCCCC)c(OCCCCCCCCCCCCCCCCCCC)c1. The summed E-state index contributed by atoms with van der Waals surface area (Å²) in [6, 6.07) is 4.52. The van der Waals surface area contributed by atoms with E-state index in [-0.39, 0.29) is 0 Å². The van der Waals surface area contributed by atoms with Crippen molar-refractivity contribution in [3.63, 3.8) is 0 Å². The Hall–Kier alpha value is -1.38. The summed E-state index contributed by atoms with van der Waals surface area (Å²) in [7, 11) is 0. The fourth-order valence-electron chi connectivity index (χ4n) is 10.5. The third-order valence-corrected chi connectivity index (χ3v) is 15.3. The van der Waals surface area contributed by atoms with Crippen LogP contribution in [-0.2, 0) is 6.42 Å². The fourth-order valence-corrected chi connectivity index (χ4v) is 10.5. The second kappa shape index (κ2) is 56.9. The van der Waals surface area contributed by atoms with Crippen LogP contribution < -0.4 is 14.2 Å². The third kappa shape index (κ3) is 46.4. The van der Waals surface area contributed by atoms with Crippen LogP contribution in [-0.4, -0.2) is 19.8 Å². The van der Waals surface area contributed by atoms with Crippen LogP contribution in [0.4, 0.5) is 0 Å². The van der Waals surface area contributed by atoms with Gasteiger partial charge in [0.2, 0.25) is 5.75 Å². The van der Waals surface area contributed by atoms with Crippen molar-refractivity contribution in [3.05, 3.63) is 24.6 Å². The molecule has 0 unspecified atom stereocenters. The van der Waals surface area contributed by atoms with E-state index in [2.05, 4.69) is 39.8 Å². The Kier molecular flexibility index (Phi) is 54.2. The van der Waals surface area contributed by atoms with Crippen LogP contribution >= 0.6 is 0 Å². The summed E-state index contributed by atoms with van der Waals surface area (Å²) >= 11 is 0. The van der Waals surface area contributed by atoms with Crippen LogP contribution in [0.25, 0.3) is 0 Å². The van der Waals surface area contributed by atoms with E-state index >= 15 is 0 Å². The molecule has 0 aliphatic heterocycles. The van der Waals surface area contributed by atoms with Crippen molar-refractivity contribution in [2.24, 2.45) is 0 Å². The summed E-state index contributed by atoms with van der Waals surface area (Å²) in [6.07, 6.45) is 73.9. The standard InChI is InChI=1S/C67H127O3/c1-5-9-13-16-19-22-25-28-31-34-37-40-43-46-49-52-55-59-68-65-62-64(58-12-8-4)63-66(69-60-56-53-50-47-44-41-38-35-32-29-26-23-20-17-14-10-6-2)67(65)70-61-57-54-51-48-45-42-39-36-33-30-27-24-21-18-15-11-7-3/h62-63H,4-61H2,1-3H3. The van der Waals surface area contributed by atoms with E-state index in [1.165, 1.54) is 314 Å². The lowest BCUT2D eigenvalue weighted by Gasteiger charge is -2.19. The molecule has 0 spiro atoms. The zero-order valence-corrected chi connectivity index (χ0v) is 48.4. The summed E-state index contributed by atoms with van der Waals surface area (Å²) in [6.45, 7) is 13.3. The van der Waals surface area contributed by atoms with Crippen LogP contribution in [0.1, 0.15) is 367 Å². The molecule has 0 aliphatic rings. The molecule has 413 valence electrons. The molecule has 3 heteroatoms. The first-order chi connectivity index (χ1) is 34.8. The van der Waals surface area contributed by atoms with Crippen LogP contribution in [0, 0.1) is 6.92 Å². The van der Waals surface area contributed by atoms with Crippen molar-refractivity contribution in [2.45, 2.75) is 367 Å². The minimum atomic E-state index is 0.738. The first-order valence-electron chi connectivity index (χ1n) is 32.6. The van der Waals surface area contributed by atoms with E-state index in [9.17, 15) is 0 Å². The number of unbranched alkanes of at least 4 members (excludes halogenated alkanes) is 49. The Morgan fingerprint density at radius 2 is 0.457 bits per heavy atom. The van der Waals surface area contributed by atoms with Crippen molar-refractivity contribution in [3.8, 4) is 17.2 Å². The first kappa shape index (κ1) is 66.6. The molecule has 0 N–H and O–H groups in total. The van der Waals surface area contributed by atoms with E-state index in [0.717, 1.165) is 75.6 Å². The zero-order chi connectivity index (χ0) is 50.2. The van der Waals surface area contributed by atoms with E-state index in [4.69, 9.17) is 14.2 Å². The van der Waals surface area contributed by atoms with Gasteiger partial charge >= 0.3 is 0 Å². The molecule has 1 aromatic rings. The Morgan fingerprint density at radius 1 is 0.257 bits per heavy atom. The number of benzene rings is 1. The Bertz CT molecular complexity index is 1070. The van der Waals surface area contributed by atoms with Gasteiger partial charge in [0.05, 0.1) is 19.8 Å². The molecular weight excluding hydrogens is 853 g/mol. The minimum absolute atomic E-state index is 0.738. The average molecular weight is 981 g/mol. The molecule has 0 bridgehead atoms. The van der Waals surface area contributed by atoms with Crippen molar-refractivity contribution in [1.29, 1.82) is 0 Å². The van der Waals surface area contributed by atoms with Gasteiger partial charge in [-0.1, -0.05) is 342 Å². The van der Waals surface area contributed by atoms with Gasteiger partial charge in [-0.25, -0.2) is 0 Å². The molecule has 1 radical (unpaired) electrons. The van der Waals surface area contributed by atoms with E-state index < -0.39 is 0 Å². The molecule has 70 heavy (non-hydrogen) atoms. The van der Waals surface area contributed by atoms with Gasteiger partial charge in [-0.3, -0.25) is 0 Å². The maximum Gasteiger partial charge on any atom is 0.203 e. The molecule has 0 saturated carbocycles. The molecule has 1 rings (SSSR count). The van der Waals surface area contributed by atoms with E-state index in [1.807, 2.05) is 0 Å². The molecule has 3 nitrogen and oxygen atoms in total. The molecule has 0 atom stereocenters. The molecular formula is C67H127O3. The normalized spacial score (nSPS) is 11.5. The van der Waals surface area contributed by atoms with E-state index in [0.29, 0.717) is 0 Å². The average Bonchev–Trinajstić information content (AvgIpc) is 3.37. The monoisotopic (exact) mass is 980 g/mol. The number of rotatable bonds is 60. The second-order valence-electron chi connectivity index (χ2n) is 22.4. The van der Waals surface area contributed by atoms with Crippen LogP contribution in [0.15, 0.2) is 12.1 Å². The predicted octanol–water partition coefficient (Wildman–Crippen LogP) is 23.9. The summed E-state index contributed by atoms with van der Waals surface area (Å²) < 4.78 is 19.9. The van der Waals surface area contributed by atoms with Crippen molar-refractivity contribution in [1.82, 2.24) is 0 Å². The lowest BCUT2D eigenvalue weighted by Crippen LogP contribution is -2.07. The van der Waals surface area contributed by atoms with Gasteiger partial charge in [-0.15, -0.1) is 0 Å². The lowest BCUT2D eigenvalue weighted by molar-refractivity contribution is 0.234. The summed E-state index contributed by atoms with van der Waals surface area (Å²) in [5.41, 5.74) is 1.30. The third-order valence-electron chi connectivity index (χ3n) is 15.3. The Labute approximate surface area is 441 Å².